The zero-order valence-electron chi connectivity index (χ0n) is 5.69. The first-order chi connectivity index (χ1) is 4.20. The van der Waals surface area contributed by atoms with E-state index in [1.807, 2.05) is 6.92 Å². The maximum absolute atomic E-state index is 11.4. The molecule has 0 amide bonds. The van der Waals surface area contributed by atoms with Crippen LogP contribution in [0.3, 0.4) is 0 Å². The van der Waals surface area contributed by atoms with E-state index in [1.54, 1.807) is 6.92 Å². The fourth-order valence-corrected chi connectivity index (χ4v) is 0.339. The van der Waals surface area contributed by atoms with Gasteiger partial charge in [0, 0.05) is 0 Å². The van der Waals surface area contributed by atoms with Gasteiger partial charge in [-0.05, 0) is 13.3 Å². The van der Waals surface area contributed by atoms with E-state index >= 15 is 0 Å². The molecule has 0 aliphatic rings. The first kappa shape index (κ1) is 8.40. The Morgan fingerprint density at radius 2 is 2.33 bits per heavy atom. The van der Waals surface area contributed by atoms with Crippen LogP contribution in [0.2, 0.25) is 0 Å². The number of halogens is 1. The number of ether oxygens (including phenoxy) is 1. The van der Waals surface area contributed by atoms with Crippen LogP contribution in [0, 0.1) is 0 Å². The first-order valence-electron chi connectivity index (χ1n) is 2.96. The number of alkyl halides is 1. The van der Waals surface area contributed by atoms with Crippen LogP contribution < -0.4 is 0 Å². The summed E-state index contributed by atoms with van der Waals surface area (Å²) in [5.74, 6) is -0.774. The van der Waals surface area contributed by atoms with Gasteiger partial charge in [-0.2, -0.15) is 0 Å². The zero-order chi connectivity index (χ0) is 7.28. The van der Waals surface area contributed by atoms with Crippen molar-refractivity contribution in [2.75, 3.05) is 6.67 Å². The van der Waals surface area contributed by atoms with Gasteiger partial charge in [-0.25, -0.2) is 9.18 Å². The Balaban J connectivity index is 3.34. The summed E-state index contributed by atoms with van der Waals surface area (Å²) >= 11 is 0. The fraction of sp³-hybridized carbons (Fsp3) is 0.833. The molecule has 0 aromatic heterocycles. The molecule has 1 unspecified atom stereocenters. The lowest BCUT2D eigenvalue weighted by Crippen LogP contribution is -2.14. The topological polar surface area (TPSA) is 26.3 Å². The largest absolute Gasteiger partial charge is 0.461 e. The summed E-state index contributed by atoms with van der Waals surface area (Å²) in [6.07, 6.45) is 0.569. The van der Waals surface area contributed by atoms with Gasteiger partial charge in [0.25, 0.3) is 0 Å². The third-order valence-corrected chi connectivity index (χ3v) is 1.02. The molecule has 0 bridgehead atoms. The van der Waals surface area contributed by atoms with E-state index in [2.05, 4.69) is 4.74 Å². The highest BCUT2D eigenvalue weighted by molar-refractivity contribution is 5.70. The number of carbonyl (C=O) groups is 1. The van der Waals surface area contributed by atoms with Crippen LogP contribution in [0.15, 0.2) is 0 Å². The Labute approximate surface area is 54.0 Å². The molecule has 0 aliphatic heterocycles. The third-order valence-electron chi connectivity index (χ3n) is 1.02. The van der Waals surface area contributed by atoms with Crippen LogP contribution >= 0.6 is 0 Å². The lowest BCUT2D eigenvalue weighted by atomic mass is 10.3. The van der Waals surface area contributed by atoms with E-state index in [0.717, 1.165) is 6.42 Å². The summed E-state index contributed by atoms with van der Waals surface area (Å²) in [5.41, 5.74) is 0. The average molecular weight is 134 g/mol. The van der Waals surface area contributed by atoms with Gasteiger partial charge in [-0.3, -0.25) is 0 Å². The molecule has 1 atom stereocenters. The predicted octanol–water partition coefficient (Wildman–Crippen LogP) is 1.30. The highest BCUT2D eigenvalue weighted by atomic mass is 19.1. The van der Waals surface area contributed by atoms with Crippen molar-refractivity contribution in [3.05, 3.63) is 0 Å². The molecular weight excluding hydrogens is 123 g/mol. The molecule has 0 aromatic carbocycles. The van der Waals surface area contributed by atoms with E-state index in [-0.39, 0.29) is 6.10 Å². The summed E-state index contributed by atoms with van der Waals surface area (Å²) < 4.78 is 15.9. The quantitative estimate of drug-likeness (QED) is 0.544. The fourth-order valence-electron chi connectivity index (χ4n) is 0.339. The van der Waals surface area contributed by atoms with Gasteiger partial charge in [0.15, 0.2) is 6.67 Å². The van der Waals surface area contributed by atoms with Crippen molar-refractivity contribution in [2.45, 2.75) is 26.4 Å². The van der Waals surface area contributed by atoms with Gasteiger partial charge in [0.1, 0.15) is 0 Å². The lowest BCUT2D eigenvalue weighted by Gasteiger charge is -2.07. The summed E-state index contributed by atoms with van der Waals surface area (Å²) in [5, 5.41) is 0. The lowest BCUT2D eigenvalue weighted by molar-refractivity contribution is -0.149. The molecule has 54 valence electrons. The molecule has 0 spiro atoms. The minimum Gasteiger partial charge on any atom is -0.461 e. The van der Waals surface area contributed by atoms with E-state index in [9.17, 15) is 9.18 Å². The van der Waals surface area contributed by atoms with Crippen molar-refractivity contribution >= 4 is 5.97 Å². The summed E-state index contributed by atoms with van der Waals surface area (Å²) in [7, 11) is 0. The van der Waals surface area contributed by atoms with Crippen LogP contribution in [0.5, 0.6) is 0 Å². The Morgan fingerprint density at radius 3 is 2.67 bits per heavy atom. The maximum Gasteiger partial charge on any atom is 0.337 e. The Morgan fingerprint density at radius 1 is 1.78 bits per heavy atom. The second-order valence-electron chi connectivity index (χ2n) is 1.84. The van der Waals surface area contributed by atoms with E-state index in [1.165, 1.54) is 0 Å². The van der Waals surface area contributed by atoms with Crippen molar-refractivity contribution in [1.29, 1.82) is 0 Å². The molecular formula is C6H11FO2. The van der Waals surface area contributed by atoms with Crippen LogP contribution in [-0.4, -0.2) is 18.7 Å². The Bertz CT molecular complexity index is 93.1. The van der Waals surface area contributed by atoms with Crippen molar-refractivity contribution < 1.29 is 13.9 Å². The van der Waals surface area contributed by atoms with Crippen LogP contribution in [0.4, 0.5) is 4.39 Å². The molecule has 0 heterocycles. The Hall–Kier alpha value is -0.600. The van der Waals surface area contributed by atoms with Gasteiger partial charge in [-0.15, -0.1) is 0 Å². The van der Waals surface area contributed by atoms with Crippen molar-refractivity contribution in [2.24, 2.45) is 0 Å². The van der Waals surface area contributed by atoms with Crippen molar-refractivity contribution in [1.82, 2.24) is 0 Å². The highest BCUT2D eigenvalue weighted by Crippen LogP contribution is 1.95. The molecule has 0 rings (SSSR count). The van der Waals surface area contributed by atoms with Gasteiger partial charge >= 0.3 is 5.97 Å². The SMILES string of the molecule is CCC(C)OC(=O)CF. The van der Waals surface area contributed by atoms with Gasteiger partial charge in [-0.1, -0.05) is 6.92 Å². The van der Waals surface area contributed by atoms with Crippen molar-refractivity contribution in [3.63, 3.8) is 0 Å². The van der Waals surface area contributed by atoms with Crippen LogP contribution in [0.25, 0.3) is 0 Å². The van der Waals surface area contributed by atoms with E-state index < -0.39 is 12.6 Å². The molecule has 0 aromatic rings. The monoisotopic (exact) mass is 134 g/mol. The second kappa shape index (κ2) is 4.30. The minimum absolute atomic E-state index is 0.159. The molecule has 0 aliphatic carbocycles. The Kier molecular flexibility index (Phi) is 4.01. The van der Waals surface area contributed by atoms with Crippen LogP contribution in [-0.2, 0) is 9.53 Å². The molecule has 0 N–H and O–H groups in total. The highest BCUT2D eigenvalue weighted by Gasteiger charge is 2.04. The van der Waals surface area contributed by atoms with Gasteiger partial charge in [0.05, 0.1) is 6.10 Å². The first-order valence-corrected chi connectivity index (χ1v) is 2.96. The number of esters is 1. The number of carbonyl (C=O) groups excluding carboxylic acids is 1. The standard InChI is InChI=1S/C6H11FO2/c1-3-5(2)9-6(8)4-7/h5H,3-4H2,1-2H3. The third kappa shape index (κ3) is 3.94. The smallest absolute Gasteiger partial charge is 0.337 e. The summed E-state index contributed by atoms with van der Waals surface area (Å²) in [6, 6.07) is 0. The normalized spacial score (nSPS) is 12.8. The molecule has 0 radical (unpaired) electrons. The summed E-state index contributed by atoms with van der Waals surface area (Å²) in [6.45, 7) is 2.58. The number of hydrogen-bond acceptors (Lipinski definition) is 2. The average Bonchev–Trinajstić information content (AvgIpc) is 1.87. The van der Waals surface area contributed by atoms with Crippen molar-refractivity contribution in [3.8, 4) is 0 Å². The molecule has 3 heteroatoms. The van der Waals surface area contributed by atoms with Crippen LogP contribution in [0.1, 0.15) is 20.3 Å². The maximum atomic E-state index is 11.4. The van der Waals surface area contributed by atoms with E-state index in [0.29, 0.717) is 0 Å². The second-order valence-corrected chi connectivity index (χ2v) is 1.84. The van der Waals surface area contributed by atoms with E-state index in [4.69, 9.17) is 0 Å². The minimum atomic E-state index is -1.02. The van der Waals surface area contributed by atoms with Gasteiger partial charge in [0.2, 0.25) is 0 Å². The molecule has 0 saturated heterocycles. The molecule has 2 nitrogen and oxygen atoms in total. The predicted molar refractivity (Wildman–Crippen MR) is 31.8 cm³/mol. The number of rotatable bonds is 3. The molecule has 0 fully saturated rings. The molecule has 0 saturated carbocycles. The van der Waals surface area contributed by atoms with Gasteiger partial charge < -0.3 is 4.74 Å². The number of hydrogen-bond donors (Lipinski definition) is 0. The summed E-state index contributed by atoms with van der Waals surface area (Å²) in [4.78, 5) is 10.2. The zero-order valence-corrected chi connectivity index (χ0v) is 5.69. The molecule has 9 heavy (non-hydrogen) atoms.